The molecule has 3 aromatic rings. The molecule has 1 aliphatic rings. The number of nitrogens with one attached hydrogen (secondary N) is 1. The number of piperidine rings is 1. The molecule has 0 amide bonds. The molecule has 164 valence electrons. The van der Waals surface area contributed by atoms with Gasteiger partial charge < -0.3 is 10.2 Å². The first-order chi connectivity index (χ1) is 15.5. The van der Waals surface area contributed by atoms with Crippen LogP contribution < -0.4 is 10.2 Å². The van der Waals surface area contributed by atoms with E-state index in [4.69, 9.17) is 23.2 Å². The topological polar surface area (TPSA) is 58.1 Å². The highest BCUT2D eigenvalue weighted by molar-refractivity contribution is 6.36. The van der Waals surface area contributed by atoms with E-state index < -0.39 is 0 Å². The monoisotopic (exact) mass is 466 g/mol. The SMILES string of the molecule is C=CC(=O)Cc1ccc(Cl)c(-c2nc(Nc3cccc(N4CCCCC4)c3)ncc2Cl)c1. The summed E-state index contributed by atoms with van der Waals surface area (Å²) in [7, 11) is 0. The molecule has 4 rings (SSSR count). The summed E-state index contributed by atoms with van der Waals surface area (Å²) in [4.78, 5) is 23.1. The Morgan fingerprint density at radius 1 is 1.09 bits per heavy atom. The zero-order chi connectivity index (χ0) is 22.5. The first-order valence-electron chi connectivity index (χ1n) is 10.6. The minimum atomic E-state index is -0.0667. The van der Waals surface area contributed by atoms with Crippen LogP contribution in [0.15, 0.2) is 61.3 Å². The number of rotatable bonds is 7. The predicted octanol–water partition coefficient (Wildman–Crippen LogP) is 6.48. The number of hydrogen-bond acceptors (Lipinski definition) is 5. The molecular formula is C25H24Cl2N4O. The number of ketones is 1. The maximum Gasteiger partial charge on any atom is 0.227 e. The number of allylic oxidation sites excluding steroid dienone is 1. The molecule has 0 saturated carbocycles. The summed E-state index contributed by atoms with van der Waals surface area (Å²) in [6, 6.07) is 13.6. The Labute approximate surface area is 198 Å². The van der Waals surface area contributed by atoms with Gasteiger partial charge in [0.25, 0.3) is 0 Å². The van der Waals surface area contributed by atoms with Crippen molar-refractivity contribution >= 4 is 46.3 Å². The minimum Gasteiger partial charge on any atom is -0.371 e. The van der Waals surface area contributed by atoms with Crippen LogP contribution in [0.1, 0.15) is 24.8 Å². The molecule has 0 spiro atoms. The van der Waals surface area contributed by atoms with Gasteiger partial charge in [-0.1, -0.05) is 41.9 Å². The molecule has 1 fully saturated rings. The standard InChI is InChI=1S/C25H24Cl2N4O/c1-2-20(32)13-17-9-10-22(26)21(14-17)24-23(27)16-28-25(30-24)29-18-7-6-8-19(15-18)31-11-4-3-5-12-31/h2,6-10,14-16H,1,3-5,11-13H2,(H,28,29,30). The number of nitrogens with zero attached hydrogens (tertiary/aromatic N) is 3. The van der Waals surface area contributed by atoms with E-state index in [-0.39, 0.29) is 12.2 Å². The van der Waals surface area contributed by atoms with Gasteiger partial charge in [0.15, 0.2) is 5.78 Å². The Balaban J connectivity index is 1.61. The molecule has 0 unspecified atom stereocenters. The zero-order valence-corrected chi connectivity index (χ0v) is 19.2. The summed E-state index contributed by atoms with van der Waals surface area (Å²) in [5.74, 6) is 0.354. The third-order valence-corrected chi connectivity index (χ3v) is 6.07. The van der Waals surface area contributed by atoms with Crippen LogP contribution in [-0.2, 0) is 11.2 Å². The van der Waals surface area contributed by atoms with Crippen LogP contribution in [-0.4, -0.2) is 28.8 Å². The molecule has 32 heavy (non-hydrogen) atoms. The molecule has 1 aliphatic heterocycles. The van der Waals surface area contributed by atoms with Crippen LogP contribution in [0.2, 0.25) is 10.0 Å². The van der Waals surface area contributed by atoms with E-state index in [1.54, 1.807) is 12.3 Å². The predicted molar refractivity (Wildman–Crippen MR) is 132 cm³/mol. The van der Waals surface area contributed by atoms with Crippen LogP contribution in [0.4, 0.5) is 17.3 Å². The smallest absolute Gasteiger partial charge is 0.227 e. The van der Waals surface area contributed by atoms with Gasteiger partial charge >= 0.3 is 0 Å². The van der Waals surface area contributed by atoms with Crippen LogP contribution in [0.25, 0.3) is 11.3 Å². The highest BCUT2D eigenvalue weighted by Gasteiger charge is 2.15. The zero-order valence-electron chi connectivity index (χ0n) is 17.7. The normalized spacial score (nSPS) is 13.6. The van der Waals surface area contributed by atoms with Gasteiger partial charge in [-0.05, 0) is 61.2 Å². The van der Waals surface area contributed by atoms with E-state index >= 15 is 0 Å². The first kappa shape index (κ1) is 22.3. The second-order valence-corrected chi connectivity index (χ2v) is 8.59. The molecule has 2 heterocycles. The molecule has 1 N–H and O–H groups in total. The average Bonchev–Trinajstić information content (AvgIpc) is 2.82. The number of aromatic nitrogens is 2. The molecule has 0 radical (unpaired) electrons. The Morgan fingerprint density at radius 3 is 2.69 bits per heavy atom. The summed E-state index contributed by atoms with van der Waals surface area (Å²) in [6.45, 7) is 5.68. The minimum absolute atomic E-state index is 0.0667. The summed E-state index contributed by atoms with van der Waals surface area (Å²) in [5, 5.41) is 4.16. The Morgan fingerprint density at radius 2 is 1.91 bits per heavy atom. The van der Waals surface area contributed by atoms with Gasteiger partial charge in [0.05, 0.1) is 21.9 Å². The van der Waals surface area contributed by atoms with E-state index in [0.29, 0.717) is 27.3 Å². The summed E-state index contributed by atoms with van der Waals surface area (Å²) >= 11 is 12.9. The van der Waals surface area contributed by atoms with E-state index in [1.165, 1.54) is 31.0 Å². The molecule has 0 atom stereocenters. The number of carbonyl (C=O) groups is 1. The van der Waals surface area contributed by atoms with Crippen molar-refractivity contribution in [2.75, 3.05) is 23.3 Å². The number of carbonyl (C=O) groups excluding carboxylic acids is 1. The summed E-state index contributed by atoms with van der Waals surface area (Å²) in [5.41, 5.74) is 4.06. The Bertz CT molecular complexity index is 1140. The molecule has 1 aromatic heterocycles. The van der Waals surface area contributed by atoms with E-state index in [2.05, 4.69) is 38.9 Å². The fraction of sp³-hybridized carbons (Fsp3) is 0.240. The maximum absolute atomic E-state index is 11.8. The van der Waals surface area contributed by atoms with E-state index in [9.17, 15) is 4.79 Å². The first-order valence-corrected chi connectivity index (χ1v) is 11.4. The third-order valence-electron chi connectivity index (χ3n) is 5.46. The lowest BCUT2D eigenvalue weighted by Crippen LogP contribution is -2.29. The highest BCUT2D eigenvalue weighted by Crippen LogP contribution is 2.33. The van der Waals surface area contributed by atoms with Crippen molar-refractivity contribution in [1.82, 2.24) is 9.97 Å². The number of halogens is 2. The molecule has 0 bridgehead atoms. The lowest BCUT2D eigenvalue weighted by molar-refractivity contribution is -0.114. The molecular weight excluding hydrogens is 443 g/mol. The Kier molecular flexibility index (Phi) is 7.08. The van der Waals surface area contributed by atoms with Gasteiger partial charge in [-0.3, -0.25) is 4.79 Å². The van der Waals surface area contributed by atoms with Gasteiger partial charge in [-0.2, -0.15) is 0 Å². The average molecular weight is 467 g/mol. The van der Waals surface area contributed by atoms with Crippen molar-refractivity contribution in [1.29, 1.82) is 0 Å². The van der Waals surface area contributed by atoms with Gasteiger partial charge in [0.2, 0.25) is 5.95 Å². The van der Waals surface area contributed by atoms with Crippen LogP contribution in [0, 0.1) is 0 Å². The van der Waals surface area contributed by atoms with Crippen LogP contribution in [0.5, 0.6) is 0 Å². The molecule has 1 saturated heterocycles. The van der Waals surface area contributed by atoms with Crippen molar-refractivity contribution in [3.63, 3.8) is 0 Å². The molecule has 0 aliphatic carbocycles. The van der Waals surface area contributed by atoms with Gasteiger partial charge in [-0.15, -0.1) is 0 Å². The fourth-order valence-corrected chi connectivity index (χ4v) is 4.21. The number of benzene rings is 2. The summed E-state index contributed by atoms with van der Waals surface area (Å²) < 4.78 is 0. The van der Waals surface area contributed by atoms with Crippen LogP contribution in [0.3, 0.4) is 0 Å². The van der Waals surface area contributed by atoms with Crippen molar-refractivity contribution < 1.29 is 4.79 Å². The third kappa shape index (κ3) is 5.29. The van der Waals surface area contributed by atoms with Crippen LogP contribution >= 0.6 is 23.2 Å². The Hall–Kier alpha value is -2.89. The van der Waals surface area contributed by atoms with Crippen molar-refractivity contribution in [2.24, 2.45) is 0 Å². The molecule has 2 aromatic carbocycles. The lowest BCUT2D eigenvalue weighted by Gasteiger charge is -2.29. The van der Waals surface area contributed by atoms with Gasteiger partial charge in [0.1, 0.15) is 0 Å². The number of anilines is 3. The van der Waals surface area contributed by atoms with Gasteiger partial charge in [0, 0.05) is 36.4 Å². The highest BCUT2D eigenvalue weighted by atomic mass is 35.5. The fourth-order valence-electron chi connectivity index (χ4n) is 3.82. The van der Waals surface area contributed by atoms with Crippen molar-refractivity contribution in [2.45, 2.75) is 25.7 Å². The molecule has 5 nitrogen and oxygen atoms in total. The summed E-state index contributed by atoms with van der Waals surface area (Å²) in [6.07, 6.45) is 6.84. The lowest BCUT2D eigenvalue weighted by atomic mass is 10.0. The largest absolute Gasteiger partial charge is 0.371 e. The van der Waals surface area contributed by atoms with Crippen molar-refractivity contribution in [3.8, 4) is 11.3 Å². The van der Waals surface area contributed by atoms with Crippen molar-refractivity contribution in [3.05, 3.63) is 76.9 Å². The quantitative estimate of drug-likeness (QED) is 0.403. The maximum atomic E-state index is 11.8. The van der Waals surface area contributed by atoms with E-state index in [0.717, 1.165) is 24.3 Å². The van der Waals surface area contributed by atoms with E-state index in [1.807, 2.05) is 24.3 Å². The van der Waals surface area contributed by atoms with Gasteiger partial charge in [-0.25, -0.2) is 9.97 Å². The second kappa shape index (κ2) is 10.2. The molecule has 7 heteroatoms. The number of hydrogen-bond donors (Lipinski definition) is 1. The second-order valence-electron chi connectivity index (χ2n) is 7.77.